The number of nitrogens with zero attached hydrogens (tertiary/aromatic N) is 3. The summed E-state index contributed by atoms with van der Waals surface area (Å²) in [5.41, 5.74) is 3.81. The van der Waals surface area contributed by atoms with E-state index in [0.717, 1.165) is 36.1 Å². The molecule has 0 radical (unpaired) electrons. The smallest absolute Gasteiger partial charge is 0.263 e. The number of aromatic nitrogens is 2. The van der Waals surface area contributed by atoms with Crippen molar-refractivity contribution in [2.45, 2.75) is 6.42 Å². The van der Waals surface area contributed by atoms with E-state index in [0.29, 0.717) is 5.56 Å². The quantitative estimate of drug-likeness (QED) is 0.726. The lowest BCUT2D eigenvalue weighted by atomic mass is 10.00. The molecule has 0 atom stereocenters. The van der Waals surface area contributed by atoms with Crippen LogP contribution >= 0.6 is 0 Å². The summed E-state index contributed by atoms with van der Waals surface area (Å²) in [6.07, 6.45) is 6.93. The van der Waals surface area contributed by atoms with Gasteiger partial charge in [0.15, 0.2) is 0 Å². The molecule has 4 heteroatoms. The minimum Gasteiger partial charge on any atom is -0.302 e. The average Bonchev–Trinajstić information content (AvgIpc) is 3.02. The van der Waals surface area contributed by atoms with Gasteiger partial charge >= 0.3 is 0 Å². The van der Waals surface area contributed by atoms with Crippen LogP contribution in [0.5, 0.6) is 0 Å². The summed E-state index contributed by atoms with van der Waals surface area (Å²) in [7, 11) is 2.12. The van der Waals surface area contributed by atoms with Crippen LogP contribution in [-0.4, -0.2) is 40.5 Å². The number of carbonyl (C=O) groups excluding carboxylic acids is 1. The second-order valence-corrected chi connectivity index (χ2v) is 6.20. The van der Waals surface area contributed by atoms with E-state index in [2.05, 4.69) is 23.0 Å². The van der Waals surface area contributed by atoms with E-state index < -0.39 is 0 Å². The van der Waals surface area contributed by atoms with Crippen LogP contribution in [0.1, 0.15) is 22.3 Å². The van der Waals surface area contributed by atoms with Gasteiger partial charge < -0.3 is 4.90 Å². The Hall–Kier alpha value is -2.72. The summed E-state index contributed by atoms with van der Waals surface area (Å²) < 4.78 is 1.68. The topological polar surface area (TPSA) is 38.1 Å². The second kappa shape index (κ2) is 6.06. The van der Waals surface area contributed by atoms with Crippen molar-refractivity contribution in [3.8, 4) is 0 Å². The van der Waals surface area contributed by atoms with Crippen LogP contribution in [0.25, 0.3) is 16.6 Å². The van der Waals surface area contributed by atoms with Crippen LogP contribution in [0.15, 0.2) is 60.9 Å². The van der Waals surface area contributed by atoms with Gasteiger partial charge in [-0.2, -0.15) is 0 Å². The fourth-order valence-electron chi connectivity index (χ4n) is 3.20. The Kier molecular flexibility index (Phi) is 3.75. The second-order valence-electron chi connectivity index (χ2n) is 6.20. The first-order valence-corrected chi connectivity index (χ1v) is 8.18. The van der Waals surface area contributed by atoms with Gasteiger partial charge in [-0.05, 0) is 43.3 Å². The molecule has 0 bridgehead atoms. The fraction of sp³-hybridized carbons (Fsp3) is 0.200. The lowest BCUT2D eigenvalue weighted by molar-refractivity contribution is 0.0964. The summed E-state index contributed by atoms with van der Waals surface area (Å²) in [6, 6.07) is 13.3. The normalized spacial score (nSPS) is 15.5. The first-order valence-electron chi connectivity index (χ1n) is 8.18. The van der Waals surface area contributed by atoms with Crippen LogP contribution in [-0.2, 0) is 0 Å². The van der Waals surface area contributed by atoms with Crippen molar-refractivity contribution in [1.29, 1.82) is 0 Å². The van der Waals surface area contributed by atoms with Crippen LogP contribution in [0.2, 0.25) is 0 Å². The molecule has 0 saturated carbocycles. The Morgan fingerprint density at radius 1 is 1.12 bits per heavy atom. The number of likely N-dealkylation sites (N-methyl/N-ethyl adjacent to an activating group) is 1. The van der Waals surface area contributed by atoms with Crippen molar-refractivity contribution in [2.24, 2.45) is 0 Å². The molecule has 3 aromatic rings. The minimum absolute atomic E-state index is 0.0425. The van der Waals surface area contributed by atoms with E-state index in [4.69, 9.17) is 0 Å². The van der Waals surface area contributed by atoms with Gasteiger partial charge in [0, 0.05) is 42.0 Å². The summed E-state index contributed by atoms with van der Waals surface area (Å²) >= 11 is 0. The number of fused-ring (bicyclic) bond motifs is 1. The van der Waals surface area contributed by atoms with Gasteiger partial charge in [0.05, 0.1) is 0 Å². The lowest BCUT2D eigenvalue weighted by Gasteiger charge is -2.21. The van der Waals surface area contributed by atoms with Gasteiger partial charge in [0.25, 0.3) is 5.91 Å². The molecule has 1 aliphatic rings. The Labute approximate surface area is 141 Å². The summed E-state index contributed by atoms with van der Waals surface area (Å²) in [5, 5.41) is 1.04. The van der Waals surface area contributed by atoms with Crippen LogP contribution in [0, 0.1) is 0 Å². The van der Waals surface area contributed by atoms with Gasteiger partial charge in [-0.3, -0.25) is 9.36 Å². The van der Waals surface area contributed by atoms with E-state index in [1.165, 1.54) is 5.57 Å². The highest BCUT2D eigenvalue weighted by Crippen LogP contribution is 2.30. The number of hydrogen-bond donors (Lipinski definition) is 0. The van der Waals surface area contributed by atoms with Crippen molar-refractivity contribution < 1.29 is 4.79 Å². The highest BCUT2D eigenvalue weighted by atomic mass is 16.2. The largest absolute Gasteiger partial charge is 0.302 e. The Bertz CT molecular complexity index is 924. The predicted octanol–water partition coefficient (Wildman–Crippen LogP) is 3.44. The third-order valence-electron chi connectivity index (χ3n) is 4.56. The Morgan fingerprint density at radius 2 is 1.96 bits per heavy atom. The molecule has 120 valence electrons. The van der Waals surface area contributed by atoms with Gasteiger partial charge in [-0.1, -0.05) is 24.3 Å². The molecule has 4 rings (SSSR count). The van der Waals surface area contributed by atoms with Crippen LogP contribution in [0.3, 0.4) is 0 Å². The zero-order chi connectivity index (χ0) is 16.5. The first-order chi connectivity index (χ1) is 11.7. The molecule has 0 aliphatic carbocycles. The summed E-state index contributed by atoms with van der Waals surface area (Å²) in [4.78, 5) is 19.7. The molecule has 3 heterocycles. The lowest BCUT2D eigenvalue weighted by Crippen LogP contribution is -2.23. The van der Waals surface area contributed by atoms with Crippen LogP contribution < -0.4 is 0 Å². The molecular formula is C20H19N3O. The molecule has 24 heavy (non-hydrogen) atoms. The number of benzene rings is 1. The van der Waals surface area contributed by atoms with Gasteiger partial charge in [-0.15, -0.1) is 0 Å². The monoisotopic (exact) mass is 317 g/mol. The molecule has 0 unspecified atom stereocenters. The Morgan fingerprint density at radius 3 is 2.71 bits per heavy atom. The number of pyridine rings is 1. The van der Waals surface area contributed by atoms with Crippen molar-refractivity contribution in [2.75, 3.05) is 20.1 Å². The van der Waals surface area contributed by atoms with Crippen LogP contribution in [0.4, 0.5) is 0 Å². The third kappa shape index (κ3) is 2.55. The van der Waals surface area contributed by atoms with Gasteiger partial charge in [-0.25, -0.2) is 4.98 Å². The maximum absolute atomic E-state index is 12.9. The van der Waals surface area contributed by atoms with Crippen molar-refractivity contribution in [1.82, 2.24) is 14.5 Å². The fourth-order valence-corrected chi connectivity index (χ4v) is 3.20. The molecule has 4 nitrogen and oxygen atoms in total. The molecule has 0 fully saturated rings. The summed E-state index contributed by atoms with van der Waals surface area (Å²) in [6.45, 7) is 1.97. The van der Waals surface area contributed by atoms with E-state index in [-0.39, 0.29) is 5.91 Å². The van der Waals surface area contributed by atoms with Crippen molar-refractivity contribution >= 4 is 22.5 Å². The third-order valence-corrected chi connectivity index (χ3v) is 4.56. The highest BCUT2D eigenvalue weighted by Gasteiger charge is 2.19. The van der Waals surface area contributed by atoms with Crippen molar-refractivity contribution in [3.63, 3.8) is 0 Å². The first kappa shape index (κ1) is 14.8. The average molecular weight is 317 g/mol. The maximum atomic E-state index is 12.9. The van der Waals surface area contributed by atoms with Gasteiger partial charge in [0.2, 0.25) is 0 Å². The van der Waals surface area contributed by atoms with Crippen molar-refractivity contribution in [3.05, 3.63) is 72.1 Å². The molecule has 1 aromatic carbocycles. The summed E-state index contributed by atoms with van der Waals surface area (Å²) in [5.74, 6) is -0.0425. The van der Waals surface area contributed by atoms with E-state index in [1.54, 1.807) is 10.8 Å². The van der Waals surface area contributed by atoms with E-state index in [9.17, 15) is 4.79 Å². The van der Waals surface area contributed by atoms with Gasteiger partial charge in [0.1, 0.15) is 5.65 Å². The molecule has 0 spiro atoms. The standard InChI is InChI=1S/C20H19N3O/c1-22-12-9-15(10-13-22)18-14-23(19-17(18)8-5-11-21-19)20(24)16-6-3-2-4-7-16/h2-9,11,14H,10,12-13H2,1H3. The highest BCUT2D eigenvalue weighted by molar-refractivity contribution is 6.04. The number of rotatable bonds is 2. The van der Waals surface area contributed by atoms with E-state index in [1.807, 2.05) is 48.7 Å². The zero-order valence-electron chi connectivity index (χ0n) is 13.6. The molecule has 0 amide bonds. The molecule has 2 aromatic heterocycles. The predicted molar refractivity (Wildman–Crippen MR) is 96.0 cm³/mol. The van der Waals surface area contributed by atoms with E-state index >= 15 is 0 Å². The zero-order valence-corrected chi connectivity index (χ0v) is 13.6. The molecular weight excluding hydrogens is 298 g/mol. The Balaban J connectivity index is 1.84. The SMILES string of the molecule is CN1CC=C(c2cn(C(=O)c3ccccc3)c3ncccc23)CC1. The minimum atomic E-state index is -0.0425. The molecule has 1 aliphatic heterocycles. The maximum Gasteiger partial charge on any atom is 0.263 e. The molecule has 0 saturated heterocycles. The molecule has 0 N–H and O–H groups in total. The number of carbonyl (C=O) groups is 1. The number of hydrogen-bond acceptors (Lipinski definition) is 3.